The first-order chi connectivity index (χ1) is 14.6. The Morgan fingerprint density at radius 2 is 1.67 bits per heavy atom. The van der Waals surface area contributed by atoms with Crippen molar-refractivity contribution in [2.75, 3.05) is 10.2 Å². The van der Waals surface area contributed by atoms with Gasteiger partial charge in [0.25, 0.3) is 0 Å². The fourth-order valence-electron chi connectivity index (χ4n) is 3.22. The van der Waals surface area contributed by atoms with Gasteiger partial charge >= 0.3 is 0 Å². The summed E-state index contributed by atoms with van der Waals surface area (Å²) in [4.78, 5) is 31.7. The number of imide groups is 1. The van der Waals surface area contributed by atoms with Gasteiger partial charge in [0.05, 0.1) is 11.4 Å². The molecule has 0 unspecified atom stereocenters. The molecule has 0 radical (unpaired) electrons. The van der Waals surface area contributed by atoms with Gasteiger partial charge in [0, 0.05) is 12.1 Å². The average molecular weight is 416 g/mol. The zero-order valence-corrected chi connectivity index (χ0v) is 17.3. The molecule has 0 aromatic heterocycles. The van der Waals surface area contributed by atoms with Gasteiger partial charge in [-0.1, -0.05) is 60.3 Å². The van der Waals surface area contributed by atoms with Gasteiger partial charge in [0.1, 0.15) is 5.25 Å². The maximum absolute atomic E-state index is 13.1. The van der Waals surface area contributed by atoms with E-state index < -0.39 is 5.25 Å². The Bertz CT molecular complexity index is 1080. The molecule has 0 aliphatic carbocycles. The topological polar surface area (TPSA) is 61.8 Å². The highest BCUT2D eigenvalue weighted by molar-refractivity contribution is 8.15. The van der Waals surface area contributed by atoms with Crippen molar-refractivity contribution in [3.05, 3.63) is 90.5 Å². The van der Waals surface area contributed by atoms with Crippen molar-refractivity contribution in [3.63, 3.8) is 0 Å². The van der Waals surface area contributed by atoms with E-state index in [1.807, 2.05) is 85.8 Å². The number of aliphatic imine (C=N–C) groups is 1. The number of para-hydroxylation sites is 2. The Labute approximate surface area is 179 Å². The quantitative estimate of drug-likeness (QED) is 0.363. The third-order valence-electron chi connectivity index (χ3n) is 4.63. The van der Waals surface area contributed by atoms with Crippen molar-refractivity contribution in [2.24, 2.45) is 4.99 Å². The fourth-order valence-corrected chi connectivity index (χ4v) is 4.25. The summed E-state index contributed by atoms with van der Waals surface area (Å²) in [6.45, 7) is 1.94. The van der Waals surface area contributed by atoms with E-state index in [4.69, 9.17) is 0 Å². The number of nitrogens with one attached hydrogen (secondary N) is 1. The minimum atomic E-state index is -0.531. The van der Waals surface area contributed by atoms with E-state index in [1.165, 1.54) is 16.7 Å². The molecular weight excluding hydrogens is 394 g/mol. The average Bonchev–Trinajstić information content (AvgIpc) is 3.02. The van der Waals surface area contributed by atoms with Crippen molar-refractivity contribution >= 4 is 45.8 Å². The van der Waals surface area contributed by atoms with E-state index >= 15 is 0 Å². The van der Waals surface area contributed by atoms with Gasteiger partial charge in [-0.05, 0) is 48.9 Å². The molecule has 4 rings (SSSR count). The summed E-state index contributed by atoms with van der Waals surface area (Å²) in [5, 5.41) is 3.33. The molecule has 1 fully saturated rings. The van der Waals surface area contributed by atoms with Crippen LogP contribution in [0.2, 0.25) is 0 Å². The lowest BCUT2D eigenvalue weighted by atomic mass is 10.2. The SMILES string of the molecule is Cc1cccc(N2C(=O)C[C@H](SC(=Nc3ccccc3)Nc3ccccc3)C2=O)c1. The molecule has 3 aromatic rings. The molecule has 1 aliphatic rings. The number of hydrogen-bond acceptors (Lipinski definition) is 4. The number of anilines is 2. The highest BCUT2D eigenvalue weighted by atomic mass is 32.2. The second-order valence-corrected chi connectivity index (χ2v) is 8.15. The molecule has 0 bridgehead atoms. The number of thioether (sulfide) groups is 1. The minimum Gasteiger partial charge on any atom is -0.335 e. The van der Waals surface area contributed by atoms with Crippen LogP contribution in [0.15, 0.2) is 89.9 Å². The van der Waals surface area contributed by atoms with E-state index in [0.717, 1.165) is 16.9 Å². The van der Waals surface area contributed by atoms with Crippen LogP contribution < -0.4 is 10.2 Å². The molecule has 30 heavy (non-hydrogen) atoms. The first-order valence-corrected chi connectivity index (χ1v) is 10.5. The van der Waals surface area contributed by atoms with E-state index in [1.54, 1.807) is 6.07 Å². The number of hydrogen-bond donors (Lipinski definition) is 1. The molecule has 6 heteroatoms. The number of carbonyl (C=O) groups is 2. The summed E-state index contributed by atoms with van der Waals surface area (Å²) < 4.78 is 0. The number of amides is 2. The smallest absolute Gasteiger partial charge is 0.247 e. The number of rotatable bonds is 4. The summed E-state index contributed by atoms with van der Waals surface area (Å²) in [6, 6.07) is 26.6. The van der Waals surface area contributed by atoms with Gasteiger partial charge in [0.15, 0.2) is 5.17 Å². The second-order valence-electron chi connectivity index (χ2n) is 6.96. The molecule has 1 atom stereocenters. The molecule has 1 aliphatic heterocycles. The number of aryl methyl sites for hydroxylation is 1. The van der Waals surface area contributed by atoms with Gasteiger partial charge in [-0.2, -0.15) is 0 Å². The zero-order chi connectivity index (χ0) is 20.9. The standard InChI is InChI=1S/C24H21N3O2S/c1-17-9-8-14-20(15-17)27-22(28)16-21(23(27)29)30-24(25-18-10-4-2-5-11-18)26-19-12-6-3-7-13-19/h2-15,21H,16H2,1H3,(H,25,26)/t21-/m0/s1. The lowest BCUT2D eigenvalue weighted by Crippen LogP contribution is -2.31. The van der Waals surface area contributed by atoms with Crippen LogP contribution in [0.4, 0.5) is 17.1 Å². The van der Waals surface area contributed by atoms with Crippen LogP contribution in [0.5, 0.6) is 0 Å². The molecule has 150 valence electrons. The van der Waals surface area contributed by atoms with Crippen molar-refractivity contribution < 1.29 is 9.59 Å². The van der Waals surface area contributed by atoms with Crippen molar-refractivity contribution in [1.82, 2.24) is 0 Å². The Kier molecular flexibility index (Phi) is 5.95. The van der Waals surface area contributed by atoms with Crippen molar-refractivity contribution in [3.8, 4) is 0 Å². The molecule has 0 saturated carbocycles. The Morgan fingerprint density at radius 1 is 0.967 bits per heavy atom. The van der Waals surface area contributed by atoms with Crippen LogP contribution in [0.1, 0.15) is 12.0 Å². The van der Waals surface area contributed by atoms with Crippen molar-refractivity contribution in [2.45, 2.75) is 18.6 Å². The number of nitrogens with zero attached hydrogens (tertiary/aromatic N) is 2. The minimum absolute atomic E-state index is 0.141. The van der Waals surface area contributed by atoms with E-state index in [2.05, 4.69) is 10.3 Å². The van der Waals surface area contributed by atoms with Crippen LogP contribution in [0.25, 0.3) is 0 Å². The molecule has 1 heterocycles. The number of carbonyl (C=O) groups excluding carboxylic acids is 2. The van der Waals surface area contributed by atoms with E-state index in [-0.39, 0.29) is 18.2 Å². The first-order valence-electron chi connectivity index (χ1n) is 9.66. The predicted molar refractivity (Wildman–Crippen MR) is 123 cm³/mol. The first kappa shape index (κ1) is 19.9. The highest BCUT2D eigenvalue weighted by Crippen LogP contribution is 2.32. The Hall–Kier alpha value is -3.38. The molecule has 3 aromatic carbocycles. The third kappa shape index (κ3) is 4.60. The van der Waals surface area contributed by atoms with Gasteiger partial charge in [0.2, 0.25) is 11.8 Å². The van der Waals surface area contributed by atoms with Crippen LogP contribution in [0, 0.1) is 6.92 Å². The summed E-state index contributed by atoms with van der Waals surface area (Å²) in [5.41, 5.74) is 3.26. The van der Waals surface area contributed by atoms with Crippen LogP contribution in [0.3, 0.4) is 0 Å². The fraction of sp³-hybridized carbons (Fsp3) is 0.125. The largest absolute Gasteiger partial charge is 0.335 e. The van der Waals surface area contributed by atoms with Crippen LogP contribution in [-0.4, -0.2) is 22.2 Å². The monoisotopic (exact) mass is 415 g/mol. The van der Waals surface area contributed by atoms with Crippen LogP contribution in [-0.2, 0) is 9.59 Å². The maximum atomic E-state index is 13.1. The van der Waals surface area contributed by atoms with Crippen LogP contribution >= 0.6 is 11.8 Å². The third-order valence-corrected chi connectivity index (χ3v) is 5.70. The van der Waals surface area contributed by atoms with E-state index in [0.29, 0.717) is 10.9 Å². The lowest BCUT2D eigenvalue weighted by Gasteiger charge is -2.16. The molecule has 1 saturated heterocycles. The Balaban J connectivity index is 1.59. The summed E-state index contributed by atoms with van der Waals surface area (Å²) >= 11 is 1.28. The molecule has 5 nitrogen and oxygen atoms in total. The van der Waals surface area contributed by atoms with Gasteiger partial charge in [-0.25, -0.2) is 9.89 Å². The predicted octanol–water partition coefficient (Wildman–Crippen LogP) is 5.16. The second kappa shape index (κ2) is 8.97. The van der Waals surface area contributed by atoms with Gasteiger partial charge in [-0.15, -0.1) is 0 Å². The maximum Gasteiger partial charge on any atom is 0.247 e. The molecule has 1 N–H and O–H groups in total. The zero-order valence-electron chi connectivity index (χ0n) is 16.5. The van der Waals surface area contributed by atoms with Gasteiger partial charge in [-0.3, -0.25) is 9.59 Å². The summed E-state index contributed by atoms with van der Waals surface area (Å²) in [5.74, 6) is -0.409. The number of benzene rings is 3. The molecule has 2 amide bonds. The summed E-state index contributed by atoms with van der Waals surface area (Å²) in [7, 11) is 0. The highest BCUT2D eigenvalue weighted by Gasteiger charge is 2.40. The van der Waals surface area contributed by atoms with Gasteiger partial charge < -0.3 is 5.32 Å². The molecule has 0 spiro atoms. The lowest BCUT2D eigenvalue weighted by molar-refractivity contribution is -0.121. The van der Waals surface area contributed by atoms with E-state index in [9.17, 15) is 9.59 Å². The molecular formula is C24H21N3O2S. The number of amidine groups is 1. The normalized spacial score (nSPS) is 16.8. The Morgan fingerprint density at radius 3 is 2.37 bits per heavy atom. The van der Waals surface area contributed by atoms with Crippen molar-refractivity contribution in [1.29, 1.82) is 0 Å². The summed E-state index contributed by atoms with van der Waals surface area (Å²) in [6.07, 6.45) is 0.141.